The Kier molecular flexibility index (Phi) is 6.78. The summed E-state index contributed by atoms with van der Waals surface area (Å²) in [6.45, 7) is 0.466. The second-order valence-electron chi connectivity index (χ2n) is 3.81. The molecule has 0 atom stereocenters. The minimum absolute atomic E-state index is 0. The quantitative estimate of drug-likeness (QED) is 0.490. The molecule has 96 valence electrons. The van der Waals surface area contributed by atoms with Crippen molar-refractivity contribution in [1.82, 2.24) is 14.9 Å². The summed E-state index contributed by atoms with van der Waals surface area (Å²) < 4.78 is 0. The molecule has 0 saturated heterocycles. The number of anilines is 1. The number of hydrogen-bond acceptors (Lipinski definition) is 4. The third kappa shape index (κ3) is 5.16. The number of guanidine groups is 1. The number of aliphatic imine (C=N–C) groups is 1. The minimum atomic E-state index is 0. The predicted molar refractivity (Wildman–Crippen MR) is 80.8 cm³/mol. The van der Waals surface area contributed by atoms with Crippen molar-refractivity contribution in [3.05, 3.63) is 18.0 Å². The second-order valence-corrected chi connectivity index (χ2v) is 3.81. The lowest BCUT2D eigenvalue weighted by molar-refractivity contribution is 0.608. The molecule has 1 heterocycles. The lowest BCUT2D eigenvalue weighted by Gasteiger charge is -2.11. The van der Waals surface area contributed by atoms with Crippen molar-refractivity contribution in [1.29, 1.82) is 0 Å². The standard InChI is InChI=1S/C10H18N6.HI/c1-15(2)9(11)13-7-8-5-6-12-10(14-8)16(3)4;/h5-6H,7H2,1-4H3,(H2,11,13);1H. The van der Waals surface area contributed by atoms with E-state index in [0.717, 1.165) is 5.69 Å². The maximum absolute atomic E-state index is 5.68. The largest absolute Gasteiger partial charge is 0.370 e. The van der Waals surface area contributed by atoms with Crippen LogP contribution < -0.4 is 10.6 Å². The zero-order valence-electron chi connectivity index (χ0n) is 10.6. The zero-order chi connectivity index (χ0) is 12.1. The fraction of sp³-hybridized carbons (Fsp3) is 0.500. The molecule has 1 rings (SSSR count). The Hall–Kier alpha value is -1.12. The van der Waals surface area contributed by atoms with E-state index in [0.29, 0.717) is 18.5 Å². The first-order chi connectivity index (χ1) is 7.50. The number of aromatic nitrogens is 2. The molecule has 0 fully saturated rings. The highest BCUT2D eigenvalue weighted by atomic mass is 127. The first-order valence-electron chi connectivity index (χ1n) is 4.97. The van der Waals surface area contributed by atoms with Crippen LogP contribution in [-0.2, 0) is 6.54 Å². The molecule has 0 amide bonds. The van der Waals surface area contributed by atoms with E-state index in [-0.39, 0.29) is 24.0 Å². The summed E-state index contributed by atoms with van der Waals surface area (Å²) in [6.07, 6.45) is 1.72. The van der Waals surface area contributed by atoms with Crippen molar-refractivity contribution in [3.8, 4) is 0 Å². The monoisotopic (exact) mass is 350 g/mol. The summed E-state index contributed by atoms with van der Waals surface area (Å²) in [5, 5.41) is 0. The van der Waals surface area contributed by atoms with Gasteiger partial charge in [0.05, 0.1) is 12.2 Å². The maximum atomic E-state index is 5.68. The van der Waals surface area contributed by atoms with Gasteiger partial charge in [-0.2, -0.15) is 0 Å². The first-order valence-corrected chi connectivity index (χ1v) is 4.97. The van der Waals surface area contributed by atoms with Crippen LogP contribution in [-0.4, -0.2) is 49.0 Å². The number of nitrogens with zero attached hydrogens (tertiary/aromatic N) is 5. The second kappa shape index (κ2) is 7.25. The molecule has 17 heavy (non-hydrogen) atoms. The Bertz CT molecular complexity index is 377. The molecule has 0 aliphatic rings. The van der Waals surface area contributed by atoms with Gasteiger partial charge in [0, 0.05) is 34.4 Å². The van der Waals surface area contributed by atoms with Gasteiger partial charge in [0.2, 0.25) is 5.95 Å². The van der Waals surface area contributed by atoms with Crippen molar-refractivity contribution in [2.24, 2.45) is 10.7 Å². The van der Waals surface area contributed by atoms with E-state index in [2.05, 4.69) is 15.0 Å². The molecule has 1 aromatic rings. The van der Waals surface area contributed by atoms with Gasteiger partial charge >= 0.3 is 0 Å². The van der Waals surface area contributed by atoms with E-state index < -0.39 is 0 Å². The predicted octanol–water partition coefficient (Wildman–Crippen LogP) is 0.537. The molecule has 0 unspecified atom stereocenters. The van der Waals surface area contributed by atoms with Gasteiger partial charge in [-0.3, -0.25) is 0 Å². The molecular weight excluding hydrogens is 331 g/mol. The molecule has 0 radical (unpaired) electrons. The summed E-state index contributed by atoms with van der Waals surface area (Å²) in [5.41, 5.74) is 6.53. The average Bonchev–Trinajstić information content (AvgIpc) is 2.26. The van der Waals surface area contributed by atoms with E-state index in [9.17, 15) is 0 Å². The fourth-order valence-corrected chi connectivity index (χ4v) is 0.992. The van der Waals surface area contributed by atoms with Gasteiger partial charge in [0.15, 0.2) is 5.96 Å². The van der Waals surface area contributed by atoms with Gasteiger partial charge < -0.3 is 15.5 Å². The van der Waals surface area contributed by atoms with Crippen LogP contribution in [0.4, 0.5) is 5.95 Å². The van der Waals surface area contributed by atoms with Gasteiger partial charge in [-0.15, -0.1) is 24.0 Å². The SMILES string of the molecule is CN(C)C(N)=NCc1ccnc(N(C)C)n1.I. The molecule has 6 nitrogen and oxygen atoms in total. The van der Waals surface area contributed by atoms with Crippen molar-refractivity contribution in [3.63, 3.8) is 0 Å². The summed E-state index contributed by atoms with van der Waals surface area (Å²) in [6, 6.07) is 1.83. The van der Waals surface area contributed by atoms with Crippen LogP contribution in [0.25, 0.3) is 0 Å². The highest BCUT2D eigenvalue weighted by Gasteiger charge is 2.01. The Balaban J connectivity index is 0.00000256. The smallest absolute Gasteiger partial charge is 0.225 e. The number of halogens is 1. The third-order valence-electron chi connectivity index (χ3n) is 1.96. The Morgan fingerprint density at radius 2 is 2.00 bits per heavy atom. The molecule has 7 heteroatoms. The van der Waals surface area contributed by atoms with Crippen LogP contribution in [0.5, 0.6) is 0 Å². The number of nitrogens with two attached hydrogens (primary N) is 1. The van der Waals surface area contributed by atoms with Gasteiger partial charge in [0.25, 0.3) is 0 Å². The highest BCUT2D eigenvalue weighted by Crippen LogP contribution is 2.04. The summed E-state index contributed by atoms with van der Waals surface area (Å²) in [5.74, 6) is 1.17. The Morgan fingerprint density at radius 1 is 1.35 bits per heavy atom. The van der Waals surface area contributed by atoms with Crippen LogP contribution >= 0.6 is 24.0 Å². The zero-order valence-corrected chi connectivity index (χ0v) is 12.9. The molecule has 0 aliphatic heterocycles. The van der Waals surface area contributed by atoms with Gasteiger partial charge in [-0.05, 0) is 6.07 Å². The van der Waals surface area contributed by atoms with Crippen LogP contribution in [0.3, 0.4) is 0 Å². The molecule has 0 saturated carbocycles. The van der Waals surface area contributed by atoms with Crippen LogP contribution in [0.15, 0.2) is 17.3 Å². The lowest BCUT2D eigenvalue weighted by atomic mass is 10.4. The van der Waals surface area contributed by atoms with Crippen LogP contribution in [0.2, 0.25) is 0 Å². The van der Waals surface area contributed by atoms with Gasteiger partial charge in [-0.25, -0.2) is 15.0 Å². The van der Waals surface area contributed by atoms with E-state index in [1.807, 2.05) is 39.2 Å². The van der Waals surface area contributed by atoms with Crippen LogP contribution in [0.1, 0.15) is 5.69 Å². The van der Waals surface area contributed by atoms with Crippen molar-refractivity contribution < 1.29 is 0 Å². The summed E-state index contributed by atoms with van der Waals surface area (Å²) in [7, 11) is 7.50. The van der Waals surface area contributed by atoms with E-state index >= 15 is 0 Å². The normalized spacial score (nSPS) is 10.7. The fourth-order valence-electron chi connectivity index (χ4n) is 0.992. The average molecular weight is 350 g/mol. The molecule has 1 aromatic heterocycles. The van der Waals surface area contributed by atoms with Crippen molar-refractivity contribution in [2.75, 3.05) is 33.1 Å². The molecule has 0 spiro atoms. The number of hydrogen-bond donors (Lipinski definition) is 1. The van der Waals surface area contributed by atoms with E-state index in [4.69, 9.17) is 5.73 Å². The van der Waals surface area contributed by atoms with Crippen LogP contribution in [0, 0.1) is 0 Å². The lowest BCUT2D eigenvalue weighted by Crippen LogP contribution is -2.30. The minimum Gasteiger partial charge on any atom is -0.370 e. The third-order valence-corrected chi connectivity index (χ3v) is 1.96. The summed E-state index contributed by atoms with van der Waals surface area (Å²) in [4.78, 5) is 16.3. The van der Waals surface area contributed by atoms with E-state index in [1.165, 1.54) is 0 Å². The molecule has 2 N–H and O–H groups in total. The molecule has 0 aliphatic carbocycles. The van der Waals surface area contributed by atoms with E-state index in [1.54, 1.807) is 11.1 Å². The number of rotatable bonds is 3. The van der Waals surface area contributed by atoms with Gasteiger partial charge in [-0.1, -0.05) is 0 Å². The molecule has 0 aromatic carbocycles. The molecule has 0 bridgehead atoms. The van der Waals surface area contributed by atoms with Crippen molar-refractivity contribution in [2.45, 2.75) is 6.54 Å². The Morgan fingerprint density at radius 3 is 2.53 bits per heavy atom. The Labute approximate surface area is 119 Å². The first kappa shape index (κ1) is 15.9. The summed E-state index contributed by atoms with van der Waals surface area (Å²) >= 11 is 0. The topological polar surface area (TPSA) is 70.6 Å². The highest BCUT2D eigenvalue weighted by molar-refractivity contribution is 14.0. The van der Waals surface area contributed by atoms with Gasteiger partial charge in [0.1, 0.15) is 0 Å². The van der Waals surface area contributed by atoms with Crippen molar-refractivity contribution >= 4 is 35.9 Å². The maximum Gasteiger partial charge on any atom is 0.225 e. The molecular formula is C10H19IN6.